The lowest BCUT2D eigenvalue weighted by Crippen LogP contribution is -2.02. The quantitative estimate of drug-likeness (QED) is 0.432. The van der Waals surface area contributed by atoms with Crippen molar-refractivity contribution in [3.05, 3.63) is 12.7 Å². The number of nitrogens with two attached hydrogens (primary N) is 1. The Labute approximate surface area is 87.6 Å². The first-order valence-corrected chi connectivity index (χ1v) is 5.64. The summed E-state index contributed by atoms with van der Waals surface area (Å²) in [6.45, 7) is 4.37. The SMILES string of the molecule is C=CCCCCCC(=O)CCCCN. The van der Waals surface area contributed by atoms with E-state index in [1.165, 1.54) is 6.42 Å². The fraction of sp³-hybridized carbons (Fsp3) is 0.750. The van der Waals surface area contributed by atoms with E-state index in [0.29, 0.717) is 12.3 Å². The molecule has 0 saturated carbocycles. The van der Waals surface area contributed by atoms with Crippen molar-refractivity contribution in [3.8, 4) is 0 Å². The molecule has 14 heavy (non-hydrogen) atoms. The van der Waals surface area contributed by atoms with E-state index in [4.69, 9.17) is 5.73 Å². The van der Waals surface area contributed by atoms with Crippen LogP contribution in [0.2, 0.25) is 0 Å². The van der Waals surface area contributed by atoms with Gasteiger partial charge in [-0.3, -0.25) is 4.79 Å². The zero-order valence-electron chi connectivity index (χ0n) is 9.13. The normalized spacial score (nSPS) is 10.1. The van der Waals surface area contributed by atoms with Crippen LogP contribution in [0.25, 0.3) is 0 Å². The summed E-state index contributed by atoms with van der Waals surface area (Å²) in [6, 6.07) is 0. The molecule has 0 unspecified atom stereocenters. The van der Waals surface area contributed by atoms with Gasteiger partial charge in [0.1, 0.15) is 5.78 Å². The number of carbonyl (C=O) groups is 1. The van der Waals surface area contributed by atoms with E-state index in [1.807, 2.05) is 6.08 Å². The zero-order chi connectivity index (χ0) is 10.6. The van der Waals surface area contributed by atoms with Gasteiger partial charge in [0.25, 0.3) is 0 Å². The highest BCUT2D eigenvalue weighted by atomic mass is 16.1. The van der Waals surface area contributed by atoms with Crippen molar-refractivity contribution in [2.24, 2.45) is 5.73 Å². The minimum atomic E-state index is 0.400. The Hall–Kier alpha value is -0.630. The smallest absolute Gasteiger partial charge is 0.132 e. The van der Waals surface area contributed by atoms with Gasteiger partial charge in [0.05, 0.1) is 0 Å². The lowest BCUT2D eigenvalue weighted by molar-refractivity contribution is -0.119. The maximum atomic E-state index is 11.3. The largest absolute Gasteiger partial charge is 0.330 e. The molecule has 0 aromatic rings. The van der Waals surface area contributed by atoms with Crippen molar-refractivity contribution in [1.82, 2.24) is 0 Å². The van der Waals surface area contributed by atoms with E-state index in [2.05, 4.69) is 6.58 Å². The predicted molar refractivity (Wildman–Crippen MR) is 61.2 cm³/mol. The number of Topliss-reactive ketones (excluding diaryl/α,β-unsaturated/α-hetero) is 1. The molecule has 2 N–H and O–H groups in total. The highest BCUT2D eigenvalue weighted by Crippen LogP contribution is 2.06. The highest BCUT2D eigenvalue weighted by molar-refractivity contribution is 5.78. The summed E-state index contributed by atoms with van der Waals surface area (Å²) in [6.07, 6.45) is 9.76. The maximum Gasteiger partial charge on any atom is 0.132 e. The molecule has 0 aromatic carbocycles. The van der Waals surface area contributed by atoms with E-state index in [0.717, 1.165) is 44.9 Å². The van der Waals surface area contributed by atoms with Crippen LogP contribution in [0.3, 0.4) is 0 Å². The van der Waals surface area contributed by atoms with Crippen molar-refractivity contribution >= 4 is 5.78 Å². The molecule has 0 radical (unpaired) electrons. The third-order valence-corrected chi connectivity index (χ3v) is 2.27. The standard InChI is InChI=1S/C12H23NO/c1-2-3-4-5-6-9-12(14)10-7-8-11-13/h2H,1,3-11,13H2. The molecule has 2 heteroatoms. The summed E-state index contributed by atoms with van der Waals surface area (Å²) in [5.74, 6) is 0.400. The molecule has 0 rings (SSSR count). The van der Waals surface area contributed by atoms with E-state index in [9.17, 15) is 4.79 Å². The summed E-state index contributed by atoms with van der Waals surface area (Å²) in [4.78, 5) is 11.3. The monoisotopic (exact) mass is 197 g/mol. The highest BCUT2D eigenvalue weighted by Gasteiger charge is 2.00. The lowest BCUT2D eigenvalue weighted by Gasteiger charge is -2.00. The van der Waals surface area contributed by atoms with Gasteiger partial charge in [-0.05, 0) is 38.6 Å². The van der Waals surface area contributed by atoms with Crippen molar-refractivity contribution in [1.29, 1.82) is 0 Å². The van der Waals surface area contributed by atoms with Gasteiger partial charge in [-0.15, -0.1) is 6.58 Å². The van der Waals surface area contributed by atoms with Crippen LogP contribution in [0.1, 0.15) is 51.4 Å². The average Bonchev–Trinajstić information content (AvgIpc) is 2.18. The van der Waals surface area contributed by atoms with Crippen LogP contribution in [0.15, 0.2) is 12.7 Å². The van der Waals surface area contributed by atoms with Crippen LogP contribution >= 0.6 is 0 Å². The Balaban J connectivity index is 3.14. The Morgan fingerprint density at radius 3 is 2.29 bits per heavy atom. The van der Waals surface area contributed by atoms with Gasteiger partial charge in [-0.2, -0.15) is 0 Å². The number of rotatable bonds is 10. The molecule has 82 valence electrons. The second-order valence-corrected chi connectivity index (χ2v) is 3.67. The number of allylic oxidation sites excluding steroid dienone is 1. The van der Waals surface area contributed by atoms with Gasteiger partial charge in [0.15, 0.2) is 0 Å². The molecule has 0 aliphatic rings. The third kappa shape index (κ3) is 9.46. The van der Waals surface area contributed by atoms with Crippen LogP contribution in [-0.4, -0.2) is 12.3 Å². The topological polar surface area (TPSA) is 43.1 Å². The number of hydrogen-bond donors (Lipinski definition) is 1. The van der Waals surface area contributed by atoms with Gasteiger partial charge < -0.3 is 5.73 Å². The van der Waals surface area contributed by atoms with Gasteiger partial charge in [-0.25, -0.2) is 0 Å². The molecule has 0 bridgehead atoms. The molecule has 0 heterocycles. The summed E-state index contributed by atoms with van der Waals surface area (Å²) < 4.78 is 0. The molecule has 0 aliphatic carbocycles. The molecule has 0 amide bonds. The fourth-order valence-electron chi connectivity index (χ4n) is 1.38. The van der Waals surface area contributed by atoms with E-state index in [-0.39, 0.29) is 0 Å². The Morgan fingerprint density at radius 2 is 1.71 bits per heavy atom. The molecular weight excluding hydrogens is 174 g/mol. The second kappa shape index (κ2) is 10.5. The summed E-state index contributed by atoms with van der Waals surface area (Å²) in [7, 11) is 0. The van der Waals surface area contributed by atoms with Crippen molar-refractivity contribution in [3.63, 3.8) is 0 Å². The van der Waals surface area contributed by atoms with Gasteiger partial charge >= 0.3 is 0 Å². The first kappa shape index (κ1) is 13.4. The number of hydrogen-bond acceptors (Lipinski definition) is 2. The minimum Gasteiger partial charge on any atom is -0.330 e. The van der Waals surface area contributed by atoms with Gasteiger partial charge in [0, 0.05) is 12.8 Å². The zero-order valence-corrected chi connectivity index (χ0v) is 9.13. The molecule has 0 aliphatic heterocycles. The summed E-state index contributed by atoms with van der Waals surface area (Å²) in [5, 5.41) is 0. The lowest BCUT2D eigenvalue weighted by atomic mass is 10.1. The molecule has 0 atom stereocenters. The molecule has 0 aromatic heterocycles. The van der Waals surface area contributed by atoms with Crippen LogP contribution in [0, 0.1) is 0 Å². The van der Waals surface area contributed by atoms with E-state index < -0.39 is 0 Å². The number of carbonyl (C=O) groups excluding carboxylic acids is 1. The number of ketones is 1. The fourth-order valence-corrected chi connectivity index (χ4v) is 1.38. The predicted octanol–water partition coefficient (Wildman–Crippen LogP) is 2.82. The van der Waals surface area contributed by atoms with E-state index in [1.54, 1.807) is 0 Å². The molecule has 2 nitrogen and oxygen atoms in total. The summed E-state index contributed by atoms with van der Waals surface area (Å²) in [5.41, 5.74) is 5.35. The van der Waals surface area contributed by atoms with Crippen molar-refractivity contribution < 1.29 is 4.79 Å². The minimum absolute atomic E-state index is 0.400. The molecule has 0 saturated heterocycles. The maximum absolute atomic E-state index is 11.3. The first-order chi connectivity index (χ1) is 6.81. The number of unbranched alkanes of at least 4 members (excludes halogenated alkanes) is 4. The first-order valence-electron chi connectivity index (χ1n) is 5.64. The van der Waals surface area contributed by atoms with E-state index >= 15 is 0 Å². The Bertz CT molecular complexity index is 154. The average molecular weight is 197 g/mol. The van der Waals surface area contributed by atoms with Crippen molar-refractivity contribution in [2.45, 2.75) is 51.4 Å². The summed E-state index contributed by atoms with van der Waals surface area (Å²) >= 11 is 0. The Kier molecular flexibility index (Phi) is 9.98. The molecule has 0 spiro atoms. The second-order valence-electron chi connectivity index (χ2n) is 3.67. The molecule has 0 fully saturated rings. The van der Waals surface area contributed by atoms with Crippen LogP contribution in [-0.2, 0) is 4.79 Å². The van der Waals surface area contributed by atoms with Gasteiger partial charge in [0.2, 0.25) is 0 Å². The third-order valence-electron chi connectivity index (χ3n) is 2.27. The molecular formula is C12H23NO. The van der Waals surface area contributed by atoms with Gasteiger partial charge in [-0.1, -0.05) is 12.5 Å². The van der Waals surface area contributed by atoms with Crippen molar-refractivity contribution in [2.75, 3.05) is 6.54 Å². The van der Waals surface area contributed by atoms with Crippen LogP contribution in [0.4, 0.5) is 0 Å². The van der Waals surface area contributed by atoms with Crippen LogP contribution < -0.4 is 5.73 Å². The van der Waals surface area contributed by atoms with Crippen LogP contribution in [0.5, 0.6) is 0 Å². The Morgan fingerprint density at radius 1 is 1.07 bits per heavy atom.